The SMILES string of the molecule is Cc1cc(C#N)c(=S)[nH]c1-c1cc(F)ccc1F. The van der Waals surface area contributed by atoms with Crippen LogP contribution in [0.25, 0.3) is 11.3 Å². The molecule has 1 aromatic heterocycles. The molecule has 0 saturated carbocycles. The van der Waals surface area contributed by atoms with Gasteiger partial charge in [0.25, 0.3) is 0 Å². The summed E-state index contributed by atoms with van der Waals surface area (Å²) in [5, 5.41) is 8.83. The van der Waals surface area contributed by atoms with Gasteiger partial charge in [-0.05, 0) is 36.8 Å². The molecule has 2 rings (SSSR count). The number of nitrogens with zero attached hydrogens (tertiary/aromatic N) is 1. The molecule has 0 unspecified atom stereocenters. The summed E-state index contributed by atoms with van der Waals surface area (Å²) in [6.45, 7) is 1.70. The minimum Gasteiger partial charge on any atom is -0.345 e. The van der Waals surface area contributed by atoms with E-state index in [0.717, 1.165) is 18.2 Å². The third-order valence-corrected chi connectivity index (χ3v) is 2.88. The van der Waals surface area contributed by atoms with Gasteiger partial charge in [-0.25, -0.2) is 8.78 Å². The van der Waals surface area contributed by atoms with E-state index in [4.69, 9.17) is 17.5 Å². The van der Waals surface area contributed by atoms with Crippen LogP contribution in [0, 0.1) is 34.5 Å². The van der Waals surface area contributed by atoms with Crippen molar-refractivity contribution in [1.29, 1.82) is 5.26 Å². The summed E-state index contributed by atoms with van der Waals surface area (Å²) in [5.74, 6) is -1.08. The molecule has 90 valence electrons. The van der Waals surface area contributed by atoms with E-state index in [1.54, 1.807) is 13.0 Å². The summed E-state index contributed by atoms with van der Waals surface area (Å²) in [4.78, 5) is 2.77. The van der Waals surface area contributed by atoms with Gasteiger partial charge in [-0.3, -0.25) is 0 Å². The van der Waals surface area contributed by atoms with Crippen molar-refractivity contribution < 1.29 is 8.78 Å². The lowest BCUT2D eigenvalue weighted by atomic mass is 10.0. The zero-order valence-corrected chi connectivity index (χ0v) is 10.2. The highest BCUT2D eigenvalue weighted by molar-refractivity contribution is 7.71. The molecule has 0 atom stereocenters. The summed E-state index contributed by atoms with van der Waals surface area (Å²) in [6.07, 6.45) is 0. The van der Waals surface area contributed by atoms with Crippen LogP contribution in [0.2, 0.25) is 0 Å². The van der Waals surface area contributed by atoms with Crippen LogP contribution in [-0.4, -0.2) is 4.98 Å². The van der Waals surface area contributed by atoms with Gasteiger partial charge in [0.15, 0.2) is 0 Å². The molecule has 0 fully saturated rings. The van der Waals surface area contributed by atoms with E-state index in [1.807, 2.05) is 6.07 Å². The van der Waals surface area contributed by atoms with Crippen molar-refractivity contribution in [3.05, 3.63) is 51.7 Å². The van der Waals surface area contributed by atoms with Gasteiger partial charge in [0.1, 0.15) is 22.3 Å². The van der Waals surface area contributed by atoms with Crippen molar-refractivity contribution in [3.63, 3.8) is 0 Å². The second kappa shape index (κ2) is 4.67. The Labute approximate surface area is 108 Å². The van der Waals surface area contributed by atoms with Gasteiger partial charge in [-0.2, -0.15) is 5.26 Å². The highest BCUT2D eigenvalue weighted by Gasteiger charge is 2.11. The van der Waals surface area contributed by atoms with Crippen molar-refractivity contribution in [2.24, 2.45) is 0 Å². The molecular formula is C13H8F2N2S. The van der Waals surface area contributed by atoms with E-state index in [-0.39, 0.29) is 10.2 Å². The number of aryl methyl sites for hydroxylation is 1. The third kappa shape index (κ3) is 2.15. The van der Waals surface area contributed by atoms with Gasteiger partial charge in [0, 0.05) is 5.56 Å². The lowest BCUT2D eigenvalue weighted by Gasteiger charge is -2.08. The van der Waals surface area contributed by atoms with Gasteiger partial charge >= 0.3 is 0 Å². The van der Waals surface area contributed by atoms with E-state index < -0.39 is 11.6 Å². The van der Waals surface area contributed by atoms with Crippen LogP contribution in [-0.2, 0) is 0 Å². The van der Waals surface area contributed by atoms with Gasteiger partial charge < -0.3 is 4.98 Å². The minimum atomic E-state index is -0.546. The molecule has 0 aliphatic carbocycles. The van der Waals surface area contributed by atoms with E-state index in [9.17, 15) is 8.78 Å². The molecule has 1 N–H and O–H groups in total. The normalized spacial score (nSPS) is 10.1. The number of hydrogen-bond donors (Lipinski definition) is 1. The number of rotatable bonds is 1. The topological polar surface area (TPSA) is 39.6 Å². The highest BCUT2D eigenvalue weighted by atomic mass is 32.1. The Morgan fingerprint density at radius 1 is 1.28 bits per heavy atom. The summed E-state index contributed by atoms with van der Waals surface area (Å²) >= 11 is 4.98. The minimum absolute atomic E-state index is 0.100. The van der Waals surface area contributed by atoms with Crippen LogP contribution in [0.3, 0.4) is 0 Å². The largest absolute Gasteiger partial charge is 0.345 e. The van der Waals surface area contributed by atoms with Crippen molar-refractivity contribution >= 4 is 12.2 Å². The summed E-state index contributed by atoms with van der Waals surface area (Å²) in [5.41, 5.74) is 1.42. The average molecular weight is 262 g/mol. The molecule has 1 aromatic carbocycles. The van der Waals surface area contributed by atoms with Crippen LogP contribution in [0.1, 0.15) is 11.1 Å². The predicted molar refractivity (Wildman–Crippen MR) is 66.4 cm³/mol. The van der Waals surface area contributed by atoms with Crippen molar-refractivity contribution in [3.8, 4) is 17.3 Å². The molecular weight excluding hydrogens is 254 g/mol. The highest BCUT2D eigenvalue weighted by Crippen LogP contribution is 2.25. The number of aromatic amines is 1. The number of pyridine rings is 1. The quantitative estimate of drug-likeness (QED) is 0.792. The maximum atomic E-state index is 13.7. The number of nitriles is 1. The van der Waals surface area contributed by atoms with E-state index in [1.165, 1.54) is 0 Å². The second-order valence-electron chi connectivity index (χ2n) is 3.81. The first-order chi connectivity index (χ1) is 8.52. The third-order valence-electron chi connectivity index (χ3n) is 2.56. The lowest BCUT2D eigenvalue weighted by Crippen LogP contribution is -1.95. The fourth-order valence-corrected chi connectivity index (χ4v) is 1.89. The molecule has 0 saturated heterocycles. The Kier molecular flexibility index (Phi) is 3.21. The van der Waals surface area contributed by atoms with Crippen LogP contribution >= 0.6 is 12.2 Å². The zero-order chi connectivity index (χ0) is 13.3. The Balaban J connectivity index is 2.73. The average Bonchev–Trinajstić information content (AvgIpc) is 2.35. The number of benzene rings is 1. The van der Waals surface area contributed by atoms with Crippen molar-refractivity contribution in [1.82, 2.24) is 4.98 Å². The van der Waals surface area contributed by atoms with Crippen LogP contribution < -0.4 is 0 Å². The fourth-order valence-electron chi connectivity index (χ4n) is 1.69. The molecule has 1 heterocycles. The zero-order valence-electron chi connectivity index (χ0n) is 9.42. The van der Waals surface area contributed by atoms with Gasteiger partial charge in [0.05, 0.1) is 11.3 Å². The summed E-state index contributed by atoms with van der Waals surface area (Å²) in [6, 6.07) is 6.69. The maximum absolute atomic E-state index is 13.7. The smallest absolute Gasteiger partial charge is 0.132 e. The predicted octanol–water partition coefficient (Wildman–Crippen LogP) is 3.87. The fraction of sp³-hybridized carbons (Fsp3) is 0.0769. The number of halogens is 2. The molecule has 0 aliphatic heterocycles. The Morgan fingerprint density at radius 3 is 2.67 bits per heavy atom. The molecule has 2 aromatic rings. The molecule has 18 heavy (non-hydrogen) atoms. The van der Waals surface area contributed by atoms with Gasteiger partial charge in [-0.1, -0.05) is 12.2 Å². The summed E-state index contributed by atoms with van der Waals surface area (Å²) in [7, 11) is 0. The first kappa shape index (κ1) is 12.4. The van der Waals surface area contributed by atoms with Gasteiger partial charge in [-0.15, -0.1) is 0 Å². The second-order valence-corrected chi connectivity index (χ2v) is 4.21. The Morgan fingerprint density at radius 2 is 2.00 bits per heavy atom. The van der Waals surface area contributed by atoms with Crippen LogP contribution in [0.4, 0.5) is 8.78 Å². The lowest BCUT2D eigenvalue weighted by molar-refractivity contribution is 0.602. The van der Waals surface area contributed by atoms with Crippen molar-refractivity contribution in [2.75, 3.05) is 0 Å². The van der Waals surface area contributed by atoms with Crippen molar-refractivity contribution in [2.45, 2.75) is 6.92 Å². The summed E-state index contributed by atoms with van der Waals surface area (Å²) < 4.78 is 27.0. The molecule has 0 radical (unpaired) electrons. The molecule has 0 spiro atoms. The Hall–Kier alpha value is -2.06. The molecule has 5 heteroatoms. The van der Waals surface area contributed by atoms with E-state index >= 15 is 0 Å². The molecule has 0 amide bonds. The van der Waals surface area contributed by atoms with Crippen LogP contribution in [0.15, 0.2) is 24.3 Å². The standard InChI is InChI=1S/C13H8F2N2S/c1-7-4-8(6-16)13(18)17-12(7)10-5-9(14)2-3-11(10)15/h2-5H,1H3,(H,17,18). The van der Waals surface area contributed by atoms with E-state index in [0.29, 0.717) is 16.8 Å². The maximum Gasteiger partial charge on any atom is 0.132 e. The van der Waals surface area contributed by atoms with Gasteiger partial charge in [0.2, 0.25) is 0 Å². The number of aromatic nitrogens is 1. The number of H-pyrrole nitrogens is 1. The number of nitrogens with one attached hydrogen (secondary N) is 1. The molecule has 0 aliphatic rings. The Bertz CT molecular complexity index is 714. The molecule has 0 bridgehead atoms. The first-order valence-electron chi connectivity index (χ1n) is 5.12. The number of hydrogen-bond acceptors (Lipinski definition) is 2. The first-order valence-corrected chi connectivity index (χ1v) is 5.53. The molecule has 2 nitrogen and oxygen atoms in total. The van der Waals surface area contributed by atoms with Crippen LogP contribution in [0.5, 0.6) is 0 Å². The monoisotopic (exact) mass is 262 g/mol. The van der Waals surface area contributed by atoms with E-state index in [2.05, 4.69) is 4.98 Å².